The minimum atomic E-state index is -3.73. The molecule has 0 N–H and O–H groups in total. The van der Waals surface area contributed by atoms with E-state index in [1.54, 1.807) is 31.2 Å². The Hall–Kier alpha value is -1.86. The summed E-state index contributed by atoms with van der Waals surface area (Å²) in [5.41, 5.74) is 0.962. The van der Waals surface area contributed by atoms with Gasteiger partial charge in [0.1, 0.15) is 11.5 Å². The van der Waals surface area contributed by atoms with Gasteiger partial charge in [0.2, 0.25) is 15.3 Å². The summed E-state index contributed by atoms with van der Waals surface area (Å²) >= 11 is 5.95. The molecule has 0 bridgehead atoms. The van der Waals surface area contributed by atoms with E-state index in [-0.39, 0.29) is 16.8 Å². The number of rotatable bonds is 3. The second-order valence-electron chi connectivity index (χ2n) is 4.24. The summed E-state index contributed by atoms with van der Waals surface area (Å²) < 4.78 is 31.1. The predicted molar refractivity (Wildman–Crippen MR) is 74.0 cm³/mol. The molecule has 2 aromatic heterocycles. The van der Waals surface area contributed by atoms with Gasteiger partial charge >= 0.3 is 0 Å². The maximum absolute atomic E-state index is 12.5. The van der Waals surface area contributed by atoms with Gasteiger partial charge in [-0.3, -0.25) is 0 Å². The maximum atomic E-state index is 12.5. The topological polar surface area (TPSA) is 78.0 Å². The molecule has 20 heavy (non-hydrogen) atoms. The monoisotopic (exact) mass is 311 g/mol. The second-order valence-corrected chi connectivity index (χ2v) is 6.39. The molecular weight excluding hydrogens is 302 g/mol. The van der Waals surface area contributed by atoms with Crippen LogP contribution in [-0.2, 0) is 15.8 Å². The summed E-state index contributed by atoms with van der Waals surface area (Å²) in [6.45, 7) is 1.65. The smallest absolute Gasteiger partial charge is 0.248 e. The summed E-state index contributed by atoms with van der Waals surface area (Å²) in [6, 6.07) is 6.84. The molecule has 6 nitrogen and oxygen atoms in total. The number of aromatic nitrogens is 3. The molecule has 0 aliphatic rings. The first-order chi connectivity index (χ1) is 9.47. The average Bonchev–Trinajstić information content (AvgIpc) is 2.91. The number of fused-ring (bicyclic) bond motifs is 1. The molecule has 1 aromatic carbocycles. The number of halogens is 1. The van der Waals surface area contributed by atoms with Gasteiger partial charge in [-0.1, -0.05) is 12.1 Å². The lowest BCUT2D eigenvalue weighted by Gasteiger charge is -2.05. The second kappa shape index (κ2) is 4.60. The first-order valence-corrected chi connectivity index (χ1v) is 7.73. The molecule has 0 atom stereocenters. The van der Waals surface area contributed by atoms with E-state index in [1.807, 2.05) is 0 Å². The van der Waals surface area contributed by atoms with Crippen LogP contribution in [0.3, 0.4) is 0 Å². The third-order valence-electron chi connectivity index (χ3n) is 2.75. The van der Waals surface area contributed by atoms with Gasteiger partial charge in [0.15, 0.2) is 5.89 Å². The Morgan fingerprint density at radius 3 is 2.80 bits per heavy atom. The molecule has 2 heterocycles. The van der Waals surface area contributed by atoms with Crippen molar-refractivity contribution in [2.24, 2.45) is 0 Å². The van der Waals surface area contributed by atoms with Crippen LogP contribution in [0, 0.1) is 6.92 Å². The zero-order valence-corrected chi connectivity index (χ0v) is 12.0. The van der Waals surface area contributed by atoms with Gasteiger partial charge in [-0.05, 0) is 23.7 Å². The Bertz CT molecular complexity index is 882. The van der Waals surface area contributed by atoms with Crippen LogP contribution >= 0.6 is 11.6 Å². The standard InChI is InChI=1S/C12H10ClN3O3S/c1-8-14-6-9(19-8)7-20(17,18)16-11-5-3-2-4-10(11)15-12(16)13/h2-6H,7H2,1H3. The fraction of sp³-hybridized carbons (Fsp3) is 0.167. The molecule has 104 valence electrons. The SMILES string of the molecule is Cc1ncc(CS(=O)(=O)n2c(Cl)nc3ccccc32)o1. The lowest BCUT2D eigenvalue weighted by atomic mass is 10.3. The fourth-order valence-electron chi connectivity index (χ4n) is 1.96. The average molecular weight is 312 g/mol. The van der Waals surface area contributed by atoms with E-state index < -0.39 is 10.0 Å². The summed E-state index contributed by atoms with van der Waals surface area (Å²) in [6.07, 6.45) is 1.39. The lowest BCUT2D eigenvalue weighted by molar-refractivity contribution is 0.485. The molecule has 0 fully saturated rings. The van der Waals surface area contributed by atoms with Crippen LogP contribution in [0.25, 0.3) is 11.0 Å². The highest BCUT2D eigenvalue weighted by atomic mass is 35.5. The molecule has 0 spiro atoms. The highest BCUT2D eigenvalue weighted by Gasteiger charge is 2.23. The van der Waals surface area contributed by atoms with Gasteiger partial charge in [-0.25, -0.2) is 22.4 Å². The van der Waals surface area contributed by atoms with E-state index in [4.69, 9.17) is 16.0 Å². The normalized spacial score (nSPS) is 12.1. The third-order valence-corrected chi connectivity index (χ3v) is 4.68. The van der Waals surface area contributed by atoms with Crippen molar-refractivity contribution in [3.63, 3.8) is 0 Å². The molecule has 0 saturated heterocycles. The van der Waals surface area contributed by atoms with Crippen LogP contribution < -0.4 is 0 Å². The Balaban J connectivity index is 2.11. The molecule has 0 aliphatic carbocycles. The van der Waals surface area contributed by atoms with Crippen LogP contribution in [0.2, 0.25) is 5.28 Å². The van der Waals surface area contributed by atoms with Gasteiger partial charge in [-0.2, -0.15) is 0 Å². The van der Waals surface area contributed by atoms with E-state index in [0.717, 1.165) is 3.97 Å². The number of oxazole rings is 1. The number of hydrogen-bond donors (Lipinski definition) is 0. The van der Waals surface area contributed by atoms with Crippen LogP contribution in [0.5, 0.6) is 0 Å². The zero-order valence-electron chi connectivity index (χ0n) is 10.4. The zero-order chi connectivity index (χ0) is 14.3. The first kappa shape index (κ1) is 13.1. The Morgan fingerprint density at radius 2 is 2.10 bits per heavy atom. The van der Waals surface area contributed by atoms with E-state index in [1.165, 1.54) is 6.20 Å². The predicted octanol–water partition coefficient (Wildman–Crippen LogP) is 2.36. The minimum absolute atomic E-state index is 0.0950. The maximum Gasteiger partial charge on any atom is 0.248 e. The summed E-state index contributed by atoms with van der Waals surface area (Å²) in [7, 11) is -3.73. The molecule has 3 rings (SSSR count). The van der Waals surface area contributed by atoms with Gasteiger partial charge in [-0.15, -0.1) is 0 Å². The Kier molecular flexibility index (Phi) is 3.02. The molecule has 8 heteroatoms. The van der Waals surface area contributed by atoms with Crippen molar-refractivity contribution in [3.05, 3.63) is 47.4 Å². The number of hydrogen-bond acceptors (Lipinski definition) is 5. The van der Waals surface area contributed by atoms with E-state index in [2.05, 4.69) is 9.97 Å². The first-order valence-electron chi connectivity index (χ1n) is 5.75. The molecule has 0 saturated carbocycles. The van der Waals surface area contributed by atoms with Gasteiger partial charge in [0.25, 0.3) is 0 Å². The third kappa shape index (κ3) is 2.19. The highest BCUT2D eigenvalue weighted by Crippen LogP contribution is 2.23. The number of nitrogens with zero attached hydrogens (tertiary/aromatic N) is 3. The number of aryl methyl sites for hydroxylation is 1. The molecule has 0 amide bonds. The Labute approximate surface area is 120 Å². The van der Waals surface area contributed by atoms with Crippen molar-refractivity contribution >= 4 is 32.7 Å². The van der Waals surface area contributed by atoms with Crippen LogP contribution in [-0.4, -0.2) is 22.4 Å². The van der Waals surface area contributed by atoms with Gasteiger partial charge in [0, 0.05) is 6.92 Å². The molecular formula is C12H10ClN3O3S. The molecule has 3 aromatic rings. The van der Waals surface area contributed by atoms with Gasteiger partial charge in [0.05, 0.1) is 17.2 Å². The van der Waals surface area contributed by atoms with Crippen molar-refractivity contribution < 1.29 is 12.8 Å². The lowest BCUT2D eigenvalue weighted by Crippen LogP contribution is -2.14. The number of imidazole rings is 1. The van der Waals surface area contributed by atoms with Gasteiger partial charge < -0.3 is 4.42 Å². The van der Waals surface area contributed by atoms with Crippen LogP contribution in [0.1, 0.15) is 11.7 Å². The van der Waals surface area contributed by atoms with Crippen molar-refractivity contribution in [3.8, 4) is 0 Å². The summed E-state index contributed by atoms with van der Waals surface area (Å²) in [5.74, 6) is 0.349. The molecule has 0 radical (unpaired) electrons. The Morgan fingerprint density at radius 1 is 1.35 bits per heavy atom. The van der Waals surface area contributed by atoms with Crippen molar-refractivity contribution in [2.45, 2.75) is 12.7 Å². The van der Waals surface area contributed by atoms with E-state index in [9.17, 15) is 8.42 Å². The van der Waals surface area contributed by atoms with Crippen LogP contribution in [0.15, 0.2) is 34.9 Å². The highest BCUT2D eigenvalue weighted by molar-refractivity contribution is 7.89. The minimum Gasteiger partial charge on any atom is -0.445 e. The van der Waals surface area contributed by atoms with Crippen LogP contribution in [0.4, 0.5) is 0 Å². The fourth-order valence-corrected chi connectivity index (χ4v) is 3.80. The van der Waals surface area contributed by atoms with E-state index >= 15 is 0 Å². The number of benzene rings is 1. The van der Waals surface area contributed by atoms with Crippen molar-refractivity contribution in [2.75, 3.05) is 0 Å². The molecule has 0 unspecified atom stereocenters. The summed E-state index contributed by atoms with van der Waals surface area (Å²) in [4.78, 5) is 7.91. The summed E-state index contributed by atoms with van der Waals surface area (Å²) in [5, 5.41) is -0.0950. The quantitative estimate of drug-likeness (QED) is 0.742. The molecule has 0 aliphatic heterocycles. The van der Waals surface area contributed by atoms with Crippen molar-refractivity contribution in [1.82, 2.24) is 13.9 Å². The van der Waals surface area contributed by atoms with Crippen molar-refractivity contribution in [1.29, 1.82) is 0 Å². The largest absolute Gasteiger partial charge is 0.445 e. The number of para-hydroxylation sites is 2. The van der Waals surface area contributed by atoms with E-state index in [0.29, 0.717) is 16.9 Å².